The molecule has 1 aromatic heterocycles. The molecule has 0 atom stereocenters. The summed E-state index contributed by atoms with van der Waals surface area (Å²) < 4.78 is 0. The van der Waals surface area contributed by atoms with Gasteiger partial charge in [0.1, 0.15) is 5.82 Å². The van der Waals surface area contributed by atoms with Crippen LogP contribution < -0.4 is 16.0 Å². The molecule has 0 amide bonds. The van der Waals surface area contributed by atoms with Crippen LogP contribution in [0.25, 0.3) is 0 Å². The molecule has 2 heterocycles. The fourth-order valence-electron chi connectivity index (χ4n) is 5.22. The molecule has 3 N–H and O–H groups in total. The number of hydrogen-bond acceptors (Lipinski definition) is 5. The fourth-order valence-corrected chi connectivity index (χ4v) is 5.22. The molecule has 26 heavy (non-hydrogen) atoms. The largest absolute Gasteiger partial charge is 0.368 e. The monoisotopic (exact) mass is 349 g/mol. The van der Waals surface area contributed by atoms with Crippen molar-refractivity contribution in [2.75, 3.05) is 36.8 Å². The summed E-state index contributed by atoms with van der Waals surface area (Å²) in [5.41, 5.74) is 11.9. The third-order valence-electron chi connectivity index (χ3n) is 6.43. The van der Waals surface area contributed by atoms with Crippen LogP contribution in [0.15, 0.2) is 24.3 Å². The number of nitrogen functional groups attached to an aromatic ring is 1. The topological polar surface area (TPSA) is 67.1 Å². The molecule has 0 unspecified atom stereocenters. The van der Waals surface area contributed by atoms with Gasteiger partial charge in [-0.2, -0.15) is 4.98 Å². The zero-order valence-electron chi connectivity index (χ0n) is 15.3. The molecule has 5 nitrogen and oxygen atoms in total. The molecule has 5 rings (SSSR count). The van der Waals surface area contributed by atoms with Crippen LogP contribution in [-0.4, -0.2) is 36.1 Å². The number of hydrogen-bond donors (Lipinski definition) is 2. The number of fused-ring (bicyclic) bond motifs is 3. The summed E-state index contributed by atoms with van der Waals surface area (Å²) in [5.74, 6) is 1.54. The maximum Gasteiger partial charge on any atom is 0.222 e. The Morgan fingerprint density at radius 3 is 2.46 bits per heavy atom. The summed E-state index contributed by atoms with van der Waals surface area (Å²) in [5, 5.41) is 3.44. The first-order valence-corrected chi connectivity index (χ1v) is 9.94. The van der Waals surface area contributed by atoms with Crippen molar-refractivity contribution in [1.82, 2.24) is 15.3 Å². The Balaban J connectivity index is 1.63. The minimum Gasteiger partial charge on any atom is -0.368 e. The van der Waals surface area contributed by atoms with E-state index in [1.54, 1.807) is 0 Å². The Bertz CT molecular complexity index is 800. The molecule has 0 radical (unpaired) electrons. The second-order valence-electron chi connectivity index (χ2n) is 8.08. The Kier molecular flexibility index (Phi) is 3.85. The molecule has 2 aromatic rings. The van der Waals surface area contributed by atoms with Crippen LogP contribution in [0.1, 0.15) is 41.6 Å². The summed E-state index contributed by atoms with van der Waals surface area (Å²) in [7, 11) is 0. The molecule has 1 saturated heterocycles. The molecule has 5 heteroatoms. The van der Waals surface area contributed by atoms with E-state index >= 15 is 0 Å². The molecule has 0 saturated carbocycles. The third-order valence-corrected chi connectivity index (χ3v) is 6.43. The highest BCUT2D eigenvalue weighted by Crippen LogP contribution is 2.47. The first-order chi connectivity index (χ1) is 12.8. The van der Waals surface area contributed by atoms with Crippen LogP contribution >= 0.6 is 0 Å². The zero-order chi connectivity index (χ0) is 17.6. The Labute approximate surface area is 155 Å². The molecule has 1 aromatic carbocycles. The van der Waals surface area contributed by atoms with E-state index in [4.69, 9.17) is 15.7 Å². The number of nitrogens with two attached hydrogens (primary N) is 1. The van der Waals surface area contributed by atoms with E-state index in [9.17, 15) is 0 Å². The van der Waals surface area contributed by atoms with E-state index in [0.717, 1.165) is 51.3 Å². The van der Waals surface area contributed by atoms with Crippen LogP contribution in [0.2, 0.25) is 0 Å². The summed E-state index contributed by atoms with van der Waals surface area (Å²) in [4.78, 5) is 12.0. The van der Waals surface area contributed by atoms with Crippen molar-refractivity contribution >= 4 is 11.8 Å². The molecule has 2 aliphatic carbocycles. The summed E-state index contributed by atoms with van der Waals surface area (Å²) in [6.45, 7) is 4.01. The quantitative estimate of drug-likeness (QED) is 0.826. The Morgan fingerprint density at radius 1 is 1.00 bits per heavy atom. The smallest absolute Gasteiger partial charge is 0.222 e. The number of nitrogens with zero attached hydrogens (tertiary/aromatic N) is 3. The predicted octanol–water partition coefficient (Wildman–Crippen LogP) is 2.23. The summed E-state index contributed by atoms with van der Waals surface area (Å²) in [6.07, 6.45) is 6.93. The number of anilines is 2. The lowest BCUT2D eigenvalue weighted by molar-refractivity contribution is 0.396. The van der Waals surface area contributed by atoms with Crippen molar-refractivity contribution < 1.29 is 0 Å². The number of benzene rings is 1. The van der Waals surface area contributed by atoms with Gasteiger partial charge in [0, 0.05) is 37.2 Å². The van der Waals surface area contributed by atoms with Gasteiger partial charge in [-0.1, -0.05) is 30.7 Å². The van der Waals surface area contributed by atoms with Crippen LogP contribution in [0.5, 0.6) is 0 Å². The lowest BCUT2D eigenvalue weighted by atomic mass is 9.76. The van der Waals surface area contributed by atoms with Crippen molar-refractivity contribution in [2.24, 2.45) is 0 Å². The van der Waals surface area contributed by atoms with Gasteiger partial charge in [0.05, 0.1) is 5.69 Å². The average molecular weight is 349 g/mol. The van der Waals surface area contributed by atoms with Crippen LogP contribution in [0, 0.1) is 0 Å². The maximum absolute atomic E-state index is 6.23. The van der Waals surface area contributed by atoms with Gasteiger partial charge < -0.3 is 16.0 Å². The van der Waals surface area contributed by atoms with Gasteiger partial charge in [0.2, 0.25) is 5.95 Å². The van der Waals surface area contributed by atoms with Crippen molar-refractivity contribution in [3.8, 4) is 0 Å². The average Bonchev–Trinajstić information content (AvgIpc) is 2.96. The van der Waals surface area contributed by atoms with E-state index in [0.29, 0.717) is 5.95 Å². The lowest BCUT2D eigenvalue weighted by Gasteiger charge is -2.33. The lowest BCUT2D eigenvalue weighted by Crippen LogP contribution is -2.44. The highest BCUT2D eigenvalue weighted by Gasteiger charge is 2.43. The molecule has 1 spiro atoms. The van der Waals surface area contributed by atoms with Crippen LogP contribution in [0.3, 0.4) is 0 Å². The highest BCUT2D eigenvalue weighted by molar-refractivity contribution is 5.56. The van der Waals surface area contributed by atoms with Crippen LogP contribution in [-0.2, 0) is 24.7 Å². The summed E-state index contributed by atoms with van der Waals surface area (Å²) >= 11 is 0. The van der Waals surface area contributed by atoms with E-state index in [1.165, 1.54) is 41.6 Å². The molecule has 3 aliphatic rings. The first kappa shape index (κ1) is 16.1. The number of nitrogens with one attached hydrogen (secondary N) is 1. The third kappa shape index (κ3) is 2.57. The van der Waals surface area contributed by atoms with Crippen molar-refractivity contribution in [3.63, 3.8) is 0 Å². The highest BCUT2D eigenvalue weighted by atomic mass is 15.2. The van der Waals surface area contributed by atoms with Gasteiger partial charge in [0.25, 0.3) is 0 Å². The number of piperazine rings is 1. The second kappa shape index (κ2) is 6.23. The SMILES string of the molecule is Nc1nc(N2CCNCC2)c2c(n1)C1(CCCC2)Cc2ccccc2C1. The minimum absolute atomic E-state index is 0.107. The zero-order valence-corrected chi connectivity index (χ0v) is 15.3. The van der Waals surface area contributed by atoms with E-state index < -0.39 is 0 Å². The van der Waals surface area contributed by atoms with Crippen molar-refractivity contribution in [1.29, 1.82) is 0 Å². The van der Waals surface area contributed by atoms with Gasteiger partial charge in [-0.05, 0) is 43.2 Å². The van der Waals surface area contributed by atoms with E-state index in [1.807, 2.05) is 0 Å². The maximum atomic E-state index is 6.23. The first-order valence-electron chi connectivity index (χ1n) is 9.94. The van der Waals surface area contributed by atoms with E-state index in [2.05, 4.69) is 34.5 Å². The van der Waals surface area contributed by atoms with Gasteiger partial charge in [0.15, 0.2) is 0 Å². The number of aromatic nitrogens is 2. The minimum atomic E-state index is 0.107. The van der Waals surface area contributed by atoms with Crippen LogP contribution in [0.4, 0.5) is 11.8 Å². The molecule has 1 fully saturated rings. The standard InChI is InChI=1S/C21H27N5/c22-20-24-18-17(19(25-20)26-11-9-23-10-12-26)7-3-4-8-21(18)13-15-5-1-2-6-16(15)14-21/h1-2,5-6,23H,3-4,7-14H2,(H2,22,24,25). The van der Waals surface area contributed by atoms with Gasteiger partial charge in [-0.15, -0.1) is 0 Å². The molecular formula is C21H27N5. The second-order valence-corrected chi connectivity index (χ2v) is 8.08. The van der Waals surface area contributed by atoms with Gasteiger partial charge in [-0.3, -0.25) is 0 Å². The Hall–Kier alpha value is -2.14. The Morgan fingerprint density at radius 2 is 1.73 bits per heavy atom. The number of rotatable bonds is 1. The van der Waals surface area contributed by atoms with E-state index in [-0.39, 0.29) is 5.41 Å². The summed E-state index contributed by atoms with van der Waals surface area (Å²) in [6, 6.07) is 8.90. The van der Waals surface area contributed by atoms with Gasteiger partial charge in [-0.25, -0.2) is 4.98 Å². The van der Waals surface area contributed by atoms with Gasteiger partial charge >= 0.3 is 0 Å². The predicted molar refractivity (Wildman–Crippen MR) is 105 cm³/mol. The van der Waals surface area contributed by atoms with Crippen molar-refractivity contribution in [3.05, 3.63) is 46.6 Å². The fraction of sp³-hybridized carbons (Fsp3) is 0.524. The molecule has 136 valence electrons. The molecule has 1 aliphatic heterocycles. The van der Waals surface area contributed by atoms with Crippen molar-refractivity contribution in [2.45, 2.75) is 43.9 Å². The normalized spacial score (nSPS) is 21.3. The molecular weight excluding hydrogens is 322 g/mol. The molecule has 0 bridgehead atoms.